The van der Waals surface area contributed by atoms with Crippen LogP contribution in [0.4, 0.5) is 5.69 Å². The molecule has 1 aliphatic carbocycles. The van der Waals surface area contributed by atoms with Crippen LogP contribution in [0.1, 0.15) is 48.9 Å². The highest BCUT2D eigenvalue weighted by Crippen LogP contribution is 2.39. The SMILES string of the molecule is COc1cc(NC(=O)CC2(CN)CCCCC2)c(C(N)=O)cc1OC. The number of benzene rings is 1. The van der Waals surface area contributed by atoms with Gasteiger partial charge in [0.05, 0.1) is 25.5 Å². The average molecular weight is 349 g/mol. The number of carbonyl (C=O) groups excluding carboxylic acids is 2. The molecule has 1 fully saturated rings. The molecule has 7 heteroatoms. The normalized spacial score (nSPS) is 16.1. The topological polar surface area (TPSA) is 117 Å². The van der Waals surface area contributed by atoms with Gasteiger partial charge in [-0.15, -0.1) is 0 Å². The molecule has 0 unspecified atom stereocenters. The van der Waals surface area contributed by atoms with Gasteiger partial charge in [-0.05, 0) is 30.9 Å². The van der Waals surface area contributed by atoms with E-state index in [1.54, 1.807) is 6.07 Å². The highest BCUT2D eigenvalue weighted by atomic mass is 16.5. The molecule has 7 nitrogen and oxygen atoms in total. The van der Waals surface area contributed by atoms with Crippen LogP contribution in [0.25, 0.3) is 0 Å². The molecule has 0 radical (unpaired) electrons. The number of ether oxygens (including phenoxy) is 2. The number of anilines is 1. The summed E-state index contributed by atoms with van der Waals surface area (Å²) in [5.74, 6) is -0.0430. The molecule has 1 aromatic carbocycles. The molecule has 0 bridgehead atoms. The number of nitrogens with two attached hydrogens (primary N) is 2. The highest BCUT2D eigenvalue weighted by Gasteiger charge is 2.33. The number of hydrogen-bond donors (Lipinski definition) is 3. The van der Waals surface area contributed by atoms with Crippen molar-refractivity contribution >= 4 is 17.5 Å². The van der Waals surface area contributed by atoms with Gasteiger partial charge >= 0.3 is 0 Å². The van der Waals surface area contributed by atoms with Gasteiger partial charge in [0.25, 0.3) is 5.91 Å². The van der Waals surface area contributed by atoms with Crippen LogP contribution in [0.2, 0.25) is 0 Å². The van der Waals surface area contributed by atoms with Crippen LogP contribution in [0, 0.1) is 5.41 Å². The molecule has 5 N–H and O–H groups in total. The Morgan fingerprint density at radius 1 is 1.12 bits per heavy atom. The number of carbonyl (C=O) groups is 2. The monoisotopic (exact) mass is 349 g/mol. The standard InChI is InChI=1S/C18H27N3O4/c1-24-14-8-12(17(20)23)13(9-15(14)25-2)21-16(22)10-18(11-19)6-4-3-5-7-18/h8-9H,3-7,10-11,19H2,1-2H3,(H2,20,23)(H,21,22). The summed E-state index contributed by atoms with van der Waals surface area (Å²) in [6.07, 6.45) is 5.60. The lowest BCUT2D eigenvalue weighted by atomic mass is 9.71. The van der Waals surface area contributed by atoms with Crippen molar-refractivity contribution in [2.45, 2.75) is 38.5 Å². The van der Waals surface area contributed by atoms with Crippen LogP contribution < -0.4 is 26.3 Å². The summed E-state index contributed by atoms with van der Waals surface area (Å²) in [6.45, 7) is 0.481. The minimum absolute atomic E-state index is 0.161. The predicted octanol–water partition coefficient (Wildman–Crippen LogP) is 2.04. The lowest BCUT2D eigenvalue weighted by Crippen LogP contribution is -2.36. The van der Waals surface area contributed by atoms with E-state index in [1.807, 2.05) is 0 Å². The van der Waals surface area contributed by atoms with Gasteiger partial charge in [0.2, 0.25) is 5.91 Å². The Balaban J connectivity index is 2.23. The average Bonchev–Trinajstić information content (AvgIpc) is 2.61. The second-order valence-corrected chi connectivity index (χ2v) is 6.61. The van der Waals surface area contributed by atoms with Crippen LogP contribution in [0.3, 0.4) is 0 Å². The molecule has 1 aromatic rings. The van der Waals surface area contributed by atoms with E-state index >= 15 is 0 Å². The lowest BCUT2D eigenvalue weighted by molar-refractivity contribution is -0.118. The first-order chi connectivity index (χ1) is 11.9. The number of methoxy groups -OCH3 is 2. The van der Waals surface area contributed by atoms with Gasteiger partial charge in [0.1, 0.15) is 0 Å². The van der Waals surface area contributed by atoms with Crippen LogP contribution >= 0.6 is 0 Å². The minimum atomic E-state index is -0.651. The van der Waals surface area contributed by atoms with E-state index in [9.17, 15) is 9.59 Å². The Kier molecular flexibility index (Phi) is 6.25. The van der Waals surface area contributed by atoms with Crippen molar-refractivity contribution in [2.24, 2.45) is 16.9 Å². The van der Waals surface area contributed by atoms with E-state index in [-0.39, 0.29) is 16.9 Å². The maximum Gasteiger partial charge on any atom is 0.250 e. The first kappa shape index (κ1) is 19.1. The number of hydrogen-bond acceptors (Lipinski definition) is 5. The quantitative estimate of drug-likeness (QED) is 0.696. The molecule has 25 heavy (non-hydrogen) atoms. The number of nitrogens with one attached hydrogen (secondary N) is 1. The molecule has 1 saturated carbocycles. The highest BCUT2D eigenvalue weighted by molar-refractivity contribution is 6.04. The Morgan fingerprint density at radius 2 is 1.72 bits per heavy atom. The van der Waals surface area contributed by atoms with Gasteiger partial charge in [-0.2, -0.15) is 0 Å². The van der Waals surface area contributed by atoms with E-state index in [4.69, 9.17) is 20.9 Å². The van der Waals surface area contributed by atoms with Gasteiger partial charge in [0, 0.05) is 12.5 Å². The fraction of sp³-hybridized carbons (Fsp3) is 0.556. The molecule has 2 amide bonds. The van der Waals surface area contributed by atoms with Crippen molar-refractivity contribution in [1.29, 1.82) is 0 Å². The summed E-state index contributed by atoms with van der Waals surface area (Å²) in [7, 11) is 2.95. The molecule has 2 rings (SSSR count). The van der Waals surface area contributed by atoms with E-state index in [1.165, 1.54) is 26.7 Å². The second-order valence-electron chi connectivity index (χ2n) is 6.61. The third-order valence-corrected chi connectivity index (χ3v) is 4.95. The van der Waals surface area contributed by atoms with Crippen molar-refractivity contribution < 1.29 is 19.1 Å². The zero-order chi connectivity index (χ0) is 18.4. The Bertz CT molecular complexity index is 639. The number of rotatable bonds is 7. The molecule has 0 heterocycles. The molecule has 1 aliphatic rings. The zero-order valence-corrected chi connectivity index (χ0v) is 14.9. The number of amides is 2. The molecular formula is C18H27N3O4. The summed E-state index contributed by atoms with van der Waals surface area (Å²) in [5.41, 5.74) is 11.7. The minimum Gasteiger partial charge on any atom is -0.493 e. The number of primary amides is 1. The van der Waals surface area contributed by atoms with Crippen molar-refractivity contribution in [1.82, 2.24) is 0 Å². The van der Waals surface area contributed by atoms with Crippen molar-refractivity contribution in [3.8, 4) is 11.5 Å². The molecule has 0 aliphatic heterocycles. The van der Waals surface area contributed by atoms with E-state index in [0.717, 1.165) is 25.7 Å². The van der Waals surface area contributed by atoms with E-state index in [0.29, 0.717) is 30.2 Å². The van der Waals surface area contributed by atoms with Crippen molar-refractivity contribution in [3.05, 3.63) is 17.7 Å². The Morgan fingerprint density at radius 3 is 2.24 bits per heavy atom. The summed E-state index contributed by atoms with van der Waals surface area (Å²) >= 11 is 0. The smallest absolute Gasteiger partial charge is 0.250 e. The molecule has 0 atom stereocenters. The molecule has 138 valence electrons. The molecule has 0 aromatic heterocycles. The first-order valence-electron chi connectivity index (χ1n) is 8.50. The molecule has 0 spiro atoms. The van der Waals surface area contributed by atoms with Gasteiger partial charge in [-0.25, -0.2) is 0 Å². The fourth-order valence-electron chi connectivity index (χ4n) is 3.48. The maximum atomic E-state index is 12.6. The third-order valence-electron chi connectivity index (χ3n) is 4.95. The summed E-state index contributed by atoms with van der Waals surface area (Å²) in [5, 5.41) is 2.79. The first-order valence-corrected chi connectivity index (χ1v) is 8.50. The largest absolute Gasteiger partial charge is 0.493 e. The van der Waals surface area contributed by atoms with Crippen molar-refractivity contribution in [2.75, 3.05) is 26.1 Å². The van der Waals surface area contributed by atoms with Gasteiger partial charge in [-0.1, -0.05) is 19.3 Å². The summed E-state index contributed by atoms with van der Waals surface area (Å²) in [6, 6.07) is 3.02. The van der Waals surface area contributed by atoms with E-state index in [2.05, 4.69) is 5.32 Å². The Hall–Kier alpha value is -2.28. The summed E-state index contributed by atoms with van der Waals surface area (Å²) in [4.78, 5) is 24.3. The Labute approximate surface area is 148 Å². The van der Waals surface area contributed by atoms with Gasteiger partial charge in [-0.3, -0.25) is 9.59 Å². The maximum absolute atomic E-state index is 12.6. The fourth-order valence-corrected chi connectivity index (χ4v) is 3.48. The van der Waals surface area contributed by atoms with Gasteiger partial charge in [0.15, 0.2) is 11.5 Å². The molecular weight excluding hydrogens is 322 g/mol. The second kappa shape index (κ2) is 8.20. The van der Waals surface area contributed by atoms with Crippen LogP contribution in [0.15, 0.2) is 12.1 Å². The van der Waals surface area contributed by atoms with Gasteiger partial charge < -0.3 is 26.3 Å². The van der Waals surface area contributed by atoms with E-state index < -0.39 is 5.91 Å². The third kappa shape index (κ3) is 4.42. The lowest BCUT2D eigenvalue weighted by Gasteiger charge is -2.35. The molecule has 0 saturated heterocycles. The summed E-state index contributed by atoms with van der Waals surface area (Å²) < 4.78 is 10.4. The van der Waals surface area contributed by atoms with Crippen LogP contribution in [-0.4, -0.2) is 32.6 Å². The van der Waals surface area contributed by atoms with Crippen LogP contribution in [0.5, 0.6) is 11.5 Å². The van der Waals surface area contributed by atoms with Crippen LogP contribution in [-0.2, 0) is 4.79 Å². The predicted molar refractivity (Wildman–Crippen MR) is 95.9 cm³/mol. The van der Waals surface area contributed by atoms with Crippen molar-refractivity contribution in [3.63, 3.8) is 0 Å². The zero-order valence-electron chi connectivity index (χ0n) is 14.9.